The zero-order valence-electron chi connectivity index (χ0n) is 20.7. The lowest BCUT2D eigenvalue weighted by Gasteiger charge is -2.37. The molecule has 10 heteroatoms. The van der Waals surface area contributed by atoms with E-state index in [1.54, 1.807) is 24.9 Å². The molecule has 1 aliphatic heterocycles. The number of halogens is 1. The number of fused-ring (bicyclic) bond motifs is 1. The van der Waals surface area contributed by atoms with Gasteiger partial charge in [0.2, 0.25) is 5.88 Å². The van der Waals surface area contributed by atoms with Gasteiger partial charge in [-0.2, -0.15) is 0 Å². The van der Waals surface area contributed by atoms with Crippen LogP contribution in [0.1, 0.15) is 36.7 Å². The van der Waals surface area contributed by atoms with E-state index in [0.29, 0.717) is 11.3 Å². The fraction of sp³-hybridized carbons (Fsp3) is 0.423. The van der Waals surface area contributed by atoms with E-state index in [-0.39, 0.29) is 43.0 Å². The molecule has 1 aromatic heterocycles. The van der Waals surface area contributed by atoms with Gasteiger partial charge in [0.05, 0.1) is 19.2 Å². The maximum Gasteiger partial charge on any atom is 0.321 e. The van der Waals surface area contributed by atoms with Crippen LogP contribution in [0.15, 0.2) is 36.5 Å². The highest BCUT2D eigenvalue weighted by Gasteiger charge is 2.34. The Balaban J connectivity index is 1.87. The Morgan fingerprint density at radius 2 is 2.06 bits per heavy atom. The number of carbonyl (C=O) groups excluding carboxylic acids is 2. The van der Waals surface area contributed by atoms with Gasteiger partial charge in [0.1, 0.15) is 23.6 Å². The number of nitrogens with zero attached hydrogens (tertiary/aromatic N) is 3. The first-order chi connectivity index (χ1) is 17.1. The summed E-state index contributed by atoms with van der Waals surface area (Å²) in [5.41, 5.74) is 1.07. The van der Waals surface area contributed by atoms with E-state index < -0.39 is 30.1 Å². The van der Waals surface area contributed by atoms with Crippen molar-refractivity contribution in [1.82, 2.24) is 14.8 Å². The van der Waals surface area contributed by atoms with Crippen molar-refractivity contribution >= 4 is 17.6 Å². The SMILES string of the molecule is C[C@H](CO)N1C[C@H](C)[C@@H](CN(C)C(=O)Nc2ccc(F)cc2)Oc2ncc(C#C[C@@H](C)O)cc2C1=O. The quantitative estimate of drug-likeness (QED) is 0.545. The van der Waals surface area contributed by atoms with Crippen LogP contribution in [0.5, 0.6) is 5.88 Å². The van der Waals surface area contributed by atoms with E-state index in [9.17, 15) is 24.2 Å². The van der Waals surface area contributed by atoms with Crippen molar-refractivity contribution in [3.05, 3.63) is 53.5 Å². The summed E-state index contributed by atoms with van der Waals surface area (Å²) in [6.45, 7) is 5.40. The molecule has 3 N–H and O–H groups in total. The van der Waals surface area contributed by atoms with E-state index in [2.05, 4.69) is 22.1 Å². The molecule has 2 aromatic rings. The summed E-state index contributed by atoms with van der Waals surface area (Å²) >= 11 is 0. The van der Waals surface area contributed by atoms with E-state index in [1.165, 1.54) is 42.3 Å². The number of rotatable bonds is 5. The van der Waals surface area contributed by atoms with Crippen LogP contribution in [0.3, 0.4) is 0 Å². The minimum Gasteiger partial charge on any atom is -0.472 e. The summed E-state index contributed by atoms with van der Waals surface area (Å²) in [5.74, 6) is 4.53. The van der Waals surface area contributed by atoms with E-state index in [1.807, 2.05) is 6.92 Å². The summed E-state index contributed by atoms with van der Waals surface area (Å²) < 4.78 is 19.3. The molecule has 1 aromatic carbocycles. The van der Waals surface area contributed by atoms with Gasteiger partial charge >= 0.3 is 6.03 Å². The fourth-order valence-electron chi connectivity index (χ4n) is 3.68. The molecule has 0 aliphatic carbocycles. The van der Waals surface area contributed by atoms with Crippen LogP contribution >= 0.6 is 0 Å². The molecule has 0 unspecified atom stereocenters. The molecule has 192 valence electrons. The maximum absolute atomic E-state index is 13.4. The van der Waals surface area contributed by atoms with E-state index in [4.69, 9.17) is 4.74 Å². The number of amides is 3. The predicted octanol–water partition coefficient (Wildman–Crippen LogP) is 2.34. The summed E-state index contributed by atoms with van der Waals surface area (Å²) in [4.78, 5) is 33.4. The number of hydrogen-bond donors (Lipinski definition) is 3. The van der Waals surface area contributed by atoms with Crippen LogP contribution in [0, 0.1) is 23.6 Å². The van der Waals surface area contributed by atoms with Gasteiger partial charge < -0.3 is 30.1 Å². The van der Waals surface area contributed by atoms with Crippen LogP contribution in [0.2, 0.25) is 0 Å². The highest BCUT2D eigenvalue weighted by Crippen LogP contribution is 2.27. The molecule has 0 saturated carbocycles. The largest absolute Gasteiger partial charge is 0.472 e. The van der Waals surface area contributed by atoms with Crippen LogP contribution in [-0.4, -0.2) is 81.9 Å². The third-order valence-electron chi connectivity index (χ3n) is 5.84. The van der Waals surface area contributed by atoms with Gasteiger partial charge in [-0.1, -0.05) is 18.8 Å². The predicted molar refractivity (Wildman–Crippen MR) is 132 cm³/mol. The number of nitrogens with one attached hydrogen (secondary N) is 1. The van der Waals surface area contributed by atoms with Gasteiger partial charge in [-0.15, -0.1) is 0 Å². The van der Waals surface area contributed by atoms with Gasteiger partial charge in [-0.3, -0.25) is 4.79 Å². The summed E-state index contributed by atoms with van der Waals surface area (Å²) in [6.07, 6.45) is 0.0816. The van der Waals surface area contributed by atoms with Crippen molar-refractivity contribution in [1.29, 1.82) is 0 Å². The van der Waals surface area contributed by atoms with Gasteiger partial charge in [-0.25, -0.2) is 14.2 Å². The molecule has 0 spiro atoms. The first-order valence-corrected chi connectivity index (χ1v) is 11.6. The number of hydrogen-bond acceptors (Lipinski definition) is 6. The van der Waals surface area contributed by atoms with Gasteiger partial charge in [0, 0.05) is 37.0 Å². The number of aliphatic hydroxyl groups is 2. The monoisotopic (exact) mass is 498 g/mol. The van der Waals surface area contributed by atoms with Gasteiger partial charge in [0.25, 0.3) is 5.91 Å². The summed E-state index contributed by atoms with van der Waals surface area (Å²) in [6, 6.07) is 6.13. The zero-order chi connectivity index (χ0) is 26.4. The van der Waals surface area contributed by atoms with Gasteiger partial charge in [0.15, 0.2) is 0 Å². The third kappa shape index (κ3) is 6.71. The average Bonchev–Trinajstić information content (AvgIpc) is 2.85. The van der Waals surface area contributed by atoms with Crippen molar-refractivity contribution in [2.24, 2.45) is 5.92 Å². The second-order valence-corrected chi connectivity index (χ2v) is 8.96. The zero-order valence-corrected chi connectivity index (χ0v) is 20.7. The second kappa shape index (κ2) is 11.8. The fourth-order valence-corrected chi connectivity index (χ4v) is 3.68. The van der Waals surface area contributed by atoms with Crippen molar-refractivity contribution in [2.45, 2.75) is 39.0 Å². The molecule has 0 radical (unpaired) electrons. The smallest absolute Gasteiger partial charge is 0.321 e. The highest BCUT2D eigenvalue weighted by molar-refractivity contribution is 5.97. The number of carbonyl (C=O) groups is 2. The summed E-state index contributed by atoms with van der Waals surface area (Å²) in [5, 5.41) is 21.9. The number of aliphatic hydroxyl groups excluding tert-OH is 2. The lowest BCUT2D eigenvalue weighted by atomic mass is 10.00. The standard InChI is InChI=1S/C26H31FN4O5/c1-16-13-31(17(2)15-32)25(34)22-11-19(6-5-18(3)33)12-28-24(22)36-23(16)14-30(4)26(35)29-21-9-7-20(27)8-10-21/h7-12,16-18,23,32-33H,13-15H2,1-4H3,(H,29,35)/t16-,17+,18+,23+/m0/s1. The van der Waals surface area contributed by atoms with Crippen LogP contribution in [0.25, 0.3) is 0 Å². The Morgan fingerprint density at radius 1 is 1.36 bits per heavy atom. The molecule has 36 heavy (non-hydrogen) atoms. The molecular formula is C26H31FN4O5. The lowest BCUT2D eigenvalue weighted by Crippen LogP contribution is -2.50. The second-order valence-electron chi connectivity index (χ2n) is 8.96. The highest BCUT2D eigenvalue weighted by atomic mass is 19.1. The molecule has 4 atom stereocenters. The number of ether oxygens (including phenoxy) is 1. The Kier molecular flexibility index (Phi) is 8.85. The third-order valence-corrected chi connectivity index (χ3v) is 5.84. The van der Waals surface area contributed by atoms with E-state index >= 15 is 0 Å². The first kappa shape index (κ1) is 26.9. The molecule has 2 heterocycles. The molecular weight excluding hydrogens is 467 g/mol. The molecule has 9 nitrogen and oxygen atoms in total. The topological polar surface area (TPSA) is 115 Å². The molecule has 1 aliphatic rings. The van der Waals surface area contributed by atoms with Crippen molar-refractivity contribution in [3.63, 3.8) is 0 Å². The van der Waals surface area contributed by atoms with Crippen molar-refractivity contribution in [3.8, 4) is 17.7 Å². The Bertz CT molecular complexity index is 1150. The Labute approximate surface area is 209 Å². The first-order valence-electron chi connectivity index (χ1n) is 11.6. The average molecular weight is 499 g/mol. The van der Waals surface area contributed by atoms with E-state index in [0.717, 1.165) is 0 Å². The lowest BCUT2D eigenvalue weighted by molar-refractivity contribution is 0.0356. The molecule has 3 amide bonds. The molecule has 0 saturated heterocycles. The van der Waals surface area contributed by atoms with Crippen LogP contribution in [-0.2, 0) is 0 Å². The van der Waals surface area contributed by atoms with Crippen molar-refractivity contribution in [2.75, 3.05) is 32.1 Å². The Morgan fingerprint density at radius 3 is 2.69 bits per heavy atom. The molecule has 0 bridgehead atoms. The van der Waals surface area contributed by atoms with Crippen molar-refractivity contribution < 1.29 is 28.9 Å². The number of urea groups is 1. The number of pyridine rings is 1. The normalized spacial score (nSPS) is 19.0. The molecule has 3 rings (SSSR count). The maximum atomic E-state index is 13.4. The number of anilines is 1. The minimum absolute atomic E-state index is 0.0987. The minimum atomic E-state index is -0.841. The summed E-state index contributed by atoms with van der Waals surface area (Å²) in [7, 11) is 1.61. The molecule has 0 fully saturated rings. The van der Waals surface area contributed by atoms with Gasteiger partial charge in [-0.05, 0) is 44.2 Å². The van der Waals surface area contributed by atoms with Crippen LogP contribution in [0.4, 0.5) is 14.9 Å². The Hall–Kier alpha value is -3.68. The number of benzene rings is 1. The number of aromatic nitrogens is 1. The number of likely N-dealkylation sites (N-methyl/N-ethyl adjacent to an activating group) is 1. The van der Waals surface area contributed by atoms with Crippen LogP contribution < -0.4 is 10.1 Å².